The Kier molecular flexibility index (Phi) is 4.80. The Hall–Kier alpha value is -2.25. The zero-order valence-corrected chi connectivity index (χ0v) is 11.4. The number of rotatable bonds is 4. The monoisotopic (exact) mass is 285 g/mol. The number of thioether (sulfide) groups is 1. The third-order valence-corrected chi connectivity index (χ3v) is 3.51. The summed E-state index contributed by atoms with van der Waals surface area (Å²) >= 11 is 1.35. The molecule has 2 nitrogen and oxygen atoms in total. The largest absolute Gasteiger partial charge is 0.325 e. The number of amides is 1. The maximum Gasteiger partial charge on any atom is 0.234 e. The zero-order valence-electron chi connectivity index (χ0n) is 10.6. The minimum atomic E-state index is -0.287. The van der Waals surface area contributed by atoms with E-state index in [1.165, 1.54) is 23.9 Å². The normalized spacial score (nSPS) is 9.80. The average Bonchev–Trinajstić information content (AvgIpc) is 2.47. The maximum absolute atomic E-state index is 12.7. The summed E-state index contributed by atoms with van der Waals surface area (Å²) < 4.78 is 12.7. The van der Waals surface area contributed by atoms with Crippen LogP contribution in [0.25, 0.3) is 0 Å². The quantitative estimate of drug-likeness (QED) is 0.687. The molecule has 2 aromatic carbocycles. The maximum atomic E-state index is 12.7. The van der Waals surface area contributed by atoms with Gasteiger partial charge < -0.3 is 5.32 Å². The first kappa shape index (κ1) is 14.2. The minimum Gasteiger partial charge on any atom is -0.325 e. The minimum absolute atomic E-state index is 0.131. The van der Waals surface area contributed by atoms with Crippen molar-refractivity contribution in [2.75, 3.05) is 11.1 Å². The molecular formula is C16H12FNOS. The van der Waals surface area contributed by atoms with Gasteiger partial charge in [-0.15, -0.1) is 18.2 Å². The Morgan fingerprint density at radius 2 is 2.00 bits per heavy atom. The molecule has 1 N–H and O–H groups in total. The molecule has 0 saturated carbocycles. The first-order chi connectivity index (χ1) is 9.67. The summed E-state index contributed by atoms with van der Waals surface area (Å²) in [5.74, 6) is 2.35. The Morgan fingerprint density at radius 3 is 2.70 bits per heavy atom. The molecule has 0 aromatic heterocycles. The molecule has 2 aromatic rings. The van der Waals surface area contributed by atoms with Crippen molar-refractivity contribution >= 4 is 23.4 Å². The van der Waals surface area contributed by atoms with Gasteiger partial charge in [-0.1, -0.05) is 12.0 Å². The number of nitrogens with one attached hydrogen (secondary N) is 1. The molecule has 0 atom stereocenters. The fourth-order valence-corrected chi connectivity index (χ4v) is 2.26. The van der Waals surface area contributed by atoms with E-state index in [-0.39, 0.29) is 17.5 Å². The fourth-order valence-electron chi connectivity index (χ4n) is 1.56. The smallest absolute Gasteiger partial charge is 0.234 e. The molecule has 0 unspecified atom stereocenters. The molecule has 20 heavy (non-hydrogen) atoms. The van der Waals surface area contributed by atoms with E-state index in [9.17, 15) is 9.18 Å². The van der Waals surface area contributed by atoms with E-state index >= 15 is 0 Å². The van der Waals surface area contributed by atoms with Crippen LogP contribution in [0, 0.1) is 18.2 Å². The summed E-state index contributed by atoms with van der Waals surface area (Å²) in [7, 11) is 0. The molecule has 0 fully saturated rings. The molecule has 100 valence electrons. The van der Waals surface area contributed by atoms with E-state index in [1.807, 2.05) is 0 Å². The van der Waals surface area contributed by atoms with Crippen molar-refractivity contribution in [3.63, 3.8) is 0 Å². The van der Waals surface area contributed by atoms with Gasteiger partial charge in [0, 0.05) is 16.1 Å². The van der Waals surface area contributed by atoms with E-state index in [0.717, 1.165) is 4.90 Å². The van der Waals surface area contributed by atoms with Gasteiger partial charge in [0.1, 0.15) is 5.82 Å². The van der Waals surface area contributed by atoms with Crippen molar-refractivity contribution in [2.45, 2.75) is 4.90 Å². The molecule has 0 aliphatic rings. The summed E-state index contributed by atoms with van der Waals surface area (Å²) in [6, 6.07) is 13.1. The topological polar surface area (TPSA) is 29.1 Å². The number of hydrogen-bond acceptors (Lipinski definition) is 2. The highest BCUT2D eigenvalue weighted by Gasteiger charge is 2.04. The number of carbonyl (C=O) groups excluding carboxylic acids is 1. The van der Waals surface area contributed by atoms with Gasteiger partial charge in [-0.25, -0.2) is 4.39 Å². The van der Waals surface area contributed by atoms with Crippen molar-refractivity contribution in [1.82, 2.24) is 0 Å². The van der Waals surface area contributed by atoms with E-state index < -0.39 is 0 Å². The molecule has 0 heterocycles. The lowest BCUT2D eigenvalue weighted by molar-refractivity contribution is -0.113. The van der Waals surface area contributed by atoms with Crippen LogP contribution in [-0.2, 0) is 4.79 Å². The zero-order chi connectivity index (χ0) is 14.4. The summed E-state index contributed by atoms with van der Waals surface area (Å²) in [5.41, 5.74) is 1.39. The van der Waals surface area contributed by atoms with Crippen LogP contribution < -0.4 is 5.32 Å². The van der Waals surface area contributed by atoms with Crippen molar-refractivity contribution < 1.29 is 9.18 Å². The van der Waals surface area contributed by atoms with E-state index in [4.69, 9.17) is 6.42 Å². The fraction of sp³-hybridized carbons (Fsp3) is 0.0625. The van der Waals surface area contributed by atoms with Gasteiger partial charge in [0.05, 0.1) is 5.75 Å². The van der Waals surface area contributed by atoms with Gasteiger partial charge in [0.25, 0.3) is 0 Å². The molecule has 0 radical (unpaired) electrons. The Morgan fingerprint density at radius 1 is 1.25 bits per heavy atom. The van der Waals surface area contributed by atoms with E-state index in [1.54, 1.807) is 36.4 Å². The lowest BCUT2D eigenvalue weighted by Gasteiger charge is -2.05. The molecule has 1 amide bonds. The van der Waals surface area contributed by atoms with Gasteiger partial charge >= 0.3 is 0 Å². The summed E-state index contributed by atoms with van der Waals surface area (Å²) in [5, 5.41) is 2.77. The van der Waals surface area contributed by atoms with E-state index in [0.29, 0.717) is 11.3 Å². The van der Waals surface area contributed by atoms with Crippen LogP contribution in [0.3, 0.4) is 0 Å². The first-order valence-corrected chi connectivity index (χ1v) is 6.91. The van der Waals surface area contributed by atoms with Gasteiger partial charge in [0.2, 0.25) is 5.91 Å². The molecule has 0 bridgehead atoms. The second kappa shape index (κ2) is 6.78. The first-order valence-electron chi connectivity index (χ1n) is 5.92. The van der Waals surface area contributed by atoms with Crippen LogP contribution in [0.5, 0.6) is 0 Å². The standard InChI is InChI=1S/C16H12FNOS/c1-2-12-4-3-5-14(10-12)18-16(19)11-20-15-8-6-13(17)7-9-15/h1,3-10H,11H2,(H,18,19). The van der Waals surface area contributed by atoms with Gasteiger partial charge in [-0.3, -0.25) is 4.79 Å². The third kappa shape index (κ3) is 4.15. The Balaban J connectivity index is 1.89. The Bertz CT molecular complexity index is 646. The second-order valence-corrected chi connectivity index (χ2v) is 5.06. The highest BCUT2D eigenvalue weighted by molar-refractivity contribution is 8.00. The number of benzene rings is 2. The van der Waals surface area contributed by atoms with Crippen molar-refractivity contribution in [1.29, 1.82) is 0 Å². The average molecular weight is 285 g/mol. The number of hydrogen-bond donors (Lipinski definition) is 1. The van der Waals surface area contributed by atoms with Crippen LogP contribution in [0.4, 0.5) is 10.1 Å². The molecule has 2 rings (SSSR count). The molecule has 0 aliphatic heterocycles. The number of carbonyl (C=O) groups is 1. The SMILES string of the molecule is C#Cc1cccc(NC(=O)CSc2ccc(F)cc2)c1. The predicted octanol–water partition coefficient (Wildman–Crippen LogP) is 3.54. The van der Waals surface area contributed by atoms with Crippen molar-refractivity contribution in [3.8, 4) is 12.3 Å². The van der Waals surface area contributed by atoms with Crippen molar-refractivity contribution in [3.05, 3.63) is 59.9 Å². The third-order valence-electron chi connectivity index (χ3n) is 2.50. The van der Waals surface area contributed by atoms with Crippen LogP contribution in [0.1, 0.15) is 5.56 Å². The molecule has 4 heteroatoms. The molecular weight excluding hydrogens is 273 g/mol. The van der Waals surface area contributed by atoms with Crippen LogP contribution in [0.2, 0.25) is 0 Å². The molecule has 0 saturated heterocycles. The lowest BCUT2D eigenvalue weighted by atomic mass is 10.2. The summed E-state index contributed by atoms with van der Waals surface area (Å²) in [6.45, 7) is 0. The van der Waals surface area contributed by atoms with Gasteiger partial charge in [-0.05, 0) is 42.5 Å². The molecule has 0 spiro atoms. The Labute approximate surface area is 121 Å². The highest BCUT2D eigenvalue weighted by atomic mass is 32.2. The number of terminal acetylenes is 1. The second-order valence-electron chi connectivity index (χ2n) is 4.02. The number of halogens is 1. The van der Waals surface area contributed by atoms with Gasteiger partial charge in [-0.2, -0.15) is 0 Å². The lowest BCUT2D eigenvalue weighted by Crippen LogP contribution is -2.13. The number of anilines is 1. The summed E-state index contributed by atoms with van der Waals surface area (Å²) in [4.78, 5) is 12.6. The van der Waals surface area contributed by atoms with Crippen LogP contribution in [-0.4, -0.2) is 11.7 Å². The molecule has 0 aliphatic carbocycles. The summed E-state index contributed by atoms with van der Waals surface area (Å²) in [6.07, 6.45) is 5.30. The van der Waals surface area contributed by atoms with Crippen LogP contribution in [0.15, 0.2) is 53.4 Å². The van der Waals surface area contributed by atoms with Crippen LogP contribution >= 0.6 is 11.8 Å². The van der Waals surface area contributed by atoms with Crippen molar-refractivity contribution in [2.24, 2.45) is 0 Å². The predicted molar refractivity (Wildman–Crippen MR) is 80.1 cm³/mol. The highest BCUT2D eigenvalue weighted by Crippen LogP contribution is 2.18. The van der Waals surface area contributed by atoms with Gasteiger partial charge in [0.15, 0.2) is 0 Å². The van der Waals surface area contributed by atoms with E-state index in [2.05, 4.69) is 11.2 Å².